The van der Waals surface area contributed by atoms with E-state index in [2.05, 4.69) is 15.4 Å². The molecule has 1 aromatic carbocycles. The summed E-state index contributed by atoms with van der Waals surface area (Å²) in [6.07, 6.45) is 6.05. The van der Waals surface area contributed by atoms with Crippen molar-refractivity contribution in [3.63, 3.8) is 0 Å². The fourth-order valence-electron chi connectivity index (χ4n) is 7.71. The van der Waals surface area contributed by atoms with E-state index < -0.39 is 73.6 Å². The van der Waals surface area contributed by atoms with Crippen LogP contribution in [0.25, 0.3) is 10.9 Å². The number of nitrogens with zero attached hydrogens (tertiary/aromatic N) is 2. The van der Waals surface area contributed by atoms with Gasteiger partial charge in [-0.05, 0) is 105 Å². The first kappa shape index (κ1) is 45.8. The van der Waals surface area contributed by atoms with Crippen molar-refractivity contribution in [1.82, 2.24) is 25.2 Å². The van der Waals surface area contributed by atoms with Crippen LogP contribution in [0.5, 0.6) is 17.4 Å². The summed E-state index contributed by atoms with van der Waals surface area (Å²) >= 11 is 1.13. The Bertz CT molecular complexity index is 2310. The number of pyridine rings is 1. The van der Waals surface area contributed by atoms with Gasteiger partial charge in [0.25, 0.3) is 11.8 Å². The Balaban J connectivity index is 1.37. The summed E-state index contributed by atoms with van der Waals surface area (Å²) in [5.41, 5.74) is -1.40. The number of nitrogens with one attached hydrogen (secondary N) is 3. The molecule has 61 heavy (non-hydrogen) atoms. The first-order valence-corrected chi connectivity index (χ1v) is 23.2. The van der Waals surface area contributed by atoms with Crippen LogP contribution >= 0.6 is 11.3 Å². The molecule has 2 aliphatic heterocycles. The third kappa shape index (κ3) is 9.99. The van der Waals surface area contributed by atoms with Crippen molar-refractivity contribution in [3.05, 3.63) is 57.8 Å². The normalized spacial score (nSPS) is 24.0. The highest BCUT2D eigenvalue weighted by Gasteiger charge is 2.62. The molecule has 5 unspecified atom stereocenters. The summed E-state index contributed by atoms with van der Waals surface area (Å²) in [5, 5.41) is 17.0. The van der Waals surface area contributed by atoms with Gasteiger partial charge in [0.1, 0.15) is 35.2 Å². The monoisotopic (exact) mass is 881 g/mol. The molecule has 0 spiro atoms. The molecule has 17 heteroatoms. The molecule has 5 atom stereocenters. The van der Waals surface area contributed by atoms with Gasteiger partial charge in [-0.15, -0.1) is 11.3 Å². The zero-order chi connectivity index (χ0) is 44.7. The minimum Gasteiger partial charge on any atom is -0.496 e. The number of ether oxygens (including phenoxy) is 3. The Morgan fingerprint density at radius 1 is 1.07 bits per heavy atom. The number of hydrogen-bond acceptors (Lipinski definition) is 12. The Hall–Kier alpha value is -4.74. The average molecular weight is 882 g/mol. The minimum absolute atomic E-state index is 0.00985. The molecule has 0 radical (unpaired) electrons. The van der Waals surface area contributed by atoms with Gasteiger partial charge in [0.05, 0.1) is 40.5 Å². The third-order valence-corrected chi connectivity index (χ3v) is 14.9. The van der Waals surface area contributed by atoms with Crippen LogP contribution in [0.4, 0.5) is 0 Å². The van der Waals surface area contributed by atoms with Crippen molar-refractivity contribution in [2.45, 2.75) is 141 Å². The Kier molecular flexibility index (Phi) is 13.2. The van der Waals surface area contributed by atoms with E-state index >= 15 is 0 Å². The Morgan fingerprint density at radius 3 is 2.46 bits per heavy atom. The first-order valence-electron chi connectivity index (χ1n) is 20.9. The molecule has 1 saturated carbocycles. The molecule has 3 aliphatic rings. The van der Waals surface area contributed by atoms with E-state index in [0.717, 1.165) is 29.7 Å². The summed E-state index contributed by atoms with van der Waals surface area (Å²) in [6, 6.07) is 6.40. The largest absolute Gasteiger partial charge is 0.496 e. The minimum atomic E-state index is -4.13. The Morgan fingerprint density at radius 2 is 1.80 bits per heavy atom. The van der Waals surface area contributed by atoms with Crippen molar-refractivity contribution < 1.29 is 46.9 Å². The molecule has 332 valence electrons. The summed E-state index contributed by atoms with van der Waals surface area (Å²) < 4.78 is 45.6. The zero-order valence-electron chi connectivity index (χ0n) is 36.4. The number of methoxy groups -OCH3 is 1. The molecule has 15 nitrogen and oxygen atoms in total. The van der Waals surface area contributed by atoms with Crippen LogP contribution in [-0.4, -0.2) is 95.3 Å². The van der Waals surface area contributed by atoms with Gasteiger partial charge >= 0.3 is 0 Å². The molecular formula is C44H59N5O10S2. The SMILES string of the molecule is COc1ccc2c(OC3CC4C(=O)NC5(C(=O)NS(=O)(=O)C(C)(C)C)CC5C=CCCCCCC(NC(=O)c5ccc(C(C)(C)O)s5)C(=O)N4C3)cc(OC(C)C)nc2c1C. The summed E-state index contributed by atoms with van der Waals surface area (Å²) in [7, 11) is -2.56. The number of aliphatic hydroxyl groups is 1. The van der Waals surface area contributed by atoms with E-state index in [4.69, 9.17) is 19.2 Å². The van der Waals surface area contributed by atoms with Crippen LogP contribution in [0, 0.1) is 12.8 Å². The van der Waals surface area contributed by atoms with Crippen LogP contribution < -0.4 is 29.6 Å². The van der Waals surface area contributed by atoms with Gasteiger partial charge in [-0.2, -0.15) is 0 Å². The second-order valence-corrected chi connectivity index (χ2v) is 21.5. The third-order valence-electron chi connectivity index (χ3n) is 11.4. The molecule has 4 amide bonds. The number of fused-ring (bicyclic) bond motifs is 3. The maximum atomic E-state index is 14.9. The van der Waals surface area contributed by atoms with Gasteiger partial charge in [0, 0.05) is 34.2 Å². The highest BCUT2D eigenvalue weighted by atomic mass is 32.2. The number of sulfonamides is 1. The van der Waals surface area contributed by atoms with E-state index in [1.54, 1.807) is 45.2 Å². The predicted octanol–water partition coefficient (Wildman–Crippen LogP) is 5.41. The first-order chi connectivity index (χ1) is 28.5. The van der Waals surface area contributed by atoms with Crippen LogP contribution in [0.15, 0.2) is 42.5 Å². The average Bonchev–Trinajstić information content (AvgIpc) is 3.45. The second-order valence-electron chi connectivity index (χ2n) is 18.0. The predicted molar refractivity (Wildman–Crippen MR) is 232 cm³/mol. The number of aryl methyl sites for hydroxylation is 1. The van der Waals surface area contributed by atoms with Crippen molar-refractivity contribution in [2.24, 2.45) is 5.92 Å². The number of rotatable bonds is 10. The standard InChI is InChI=1S/C44H59N5O10S2/c1-25(2)58-36-22-33(29-17-18-32(57-9)26(3)37(29)46-36)59-28-21-31-38(50)47-44(41(53)48-61(55,56)42(4,5)6)23-27(44)15-13-11-10-12-14-16-30(40(52)49(31)24-28)45-39(51)34-19-20-35(60-34)43(7,8)54/h13,15,17-20,22,25,27-28,30-31,54H,10-12,14,16,21,23-24H2,1-9H3,(H,45,51)(H,47,50)(H,48,53). The number of thiophene rings is 1. The fourth-order valence-corrected chi connectivity index (χ4v) is 9.35. The second kappa shape index (κ2) is 17.6. The molecule has 2 aromatic heterocycles. The molecule has 3 aromatic rings. The lowest BCUT2D eigenvalue weighted by atomic mass is 10.0. The van der Waals surface area contributed by atoms with E-state index in [0.29, 0.717) is 57.3 Å². The lowest BCUT2D eigenvalue weighted by Gasteiger charge is -2.30. The lowest BCUT2D eigenvalue weighted by molar-refractivity contribution is -0.141. The number of benzene rings is 1. The summed E-state index contributed by atoms with van der Waals surface area (Å²) in [4.78, 5) is 64.3. The van der Waals surface area contributed by atoms with Gasteiger partial charge in [0.15, 0.2) is 0 Å². The zero-order valence-corrected chi connectivity index (χ0v) is 38.1. The molecule has 1 aliphatic carbocycles. The lowest BCUT2D eigenvalue weighted by Crippen LogP contribution is -2.59. The smallest absolute Gasteiger partial charge is 0.262 e. The van der Waals surface area contributed by atoms with Crippen LogP contribution in [0.2, 0.25) is 0 Å². The molecule has 2 fully saturated rings. The highest BCUT2D eigenvalue weighted by Crippen LogP contribution is 2.46. The molecule has 4 heterocycles. The van der Waals surface area contributed by atoms with Crippen LogP contribution in [0.1, 0.15) is 114 Å². The van der Waals surface area contributed by atoms with E-state index in [-0.39, 0.29) is 25.5 Å². The van der Waals surface area contributed by atoms with Crippen LogP contribution in [0.3, 0.4) is 0 Å². The van der Waals surface area contributed by atoms with Gasteiger partial charge in [-0.3, -0.25) is 23.9 Å². The van der Waals surface area contributed by atoms with E-state index in [1.807, 2.05) is 39.0 Å². The number of aromatic nitrogens is 1. The summed E-state index contributed by atoms with van der Waals surface area (Å²) in [6.45, 7) is 13.3. The van der Waals surface area contributed by atoms with Crippen molar-refractivity contribution in [1.29, 1.82) is 0 Å². The van der Waals surface area contributed by atoms with Crippen molar-refractivity contribution in [3.8, 4) is 17.4 Å². The number of allylic oxidation sites excluding steroid dienone is 1. The topological polar surface area (TPSA) is 203 Å². The fraction of sp³-hybridized carbons (Fsp3) is 0.568. The molecular weight excluding hydrogens is 823 g/mol. The van der Waals surface area contributed by atoms with E-state index in [1.165, 1.54) is 25.7 Å². The Labute approximate surface area is 362 Å². The quantitative estimate of drug-likeness (QED) is 0.190. The number of hydrogen-bond donors (Lipinski definition) is 4. The maximum absolute atomic E-state index is 14.9. The highest BCUT2D eigenvalue weighted by molar-refractivity contribution is 7.91. The maximum Gasteiger partial charge on any atom is 0.262 e. The van der Waals surface area contributed by atoms with Gasteiger partial charge in [0.2, 0.25) is 27.7 Å². The molecule has 1 saturated heterocycles. The number of carbonyl (C=O) groups is 4. The summed E-state index contributed by atoms with van der Waals surface area (Å²) in [5.74, 6) is -1.64. The molecule has 4 N–H and O–H groups in total. The molecule has 6 rings (SSSR count). The van der Waals surface area contributed by atoms with Gasteiger partial charge in [-0.25, -0.2) is 13.4 Å². The van der Waals surface area contributed by atoms with Gasteiger partial charge < -0.3 is 34.9 Å². The van der Waals surface area contributed by atoms with Crippen molar-refractivity contribution >= 4 is 55.9 Å². The van der Waals surface area contributed by atoms with Gasteiger partial charge in [-0.1, -0.05) is 25.0 Å². The van der Waals surface area contributed by atoms with Crippen LogP contribution in [-0.2, 0) is 30.0 Å². The number of carbonyl (C=O) groups excluding carboxylic acids is 4. The molecule has 0 bridgehead atoms. The van der Waals surface area contributed by atoms with E-state index in [9.17, 15) is 32.7 Å². The van der Waals surface area contributed by atoms with Crippen molar-refractivity contribution in [2.75, 3.05) is 13.7 Å². The number of amides is 4.